The third-order valence-electron chi connectivity index (χ3n) is 5.80. The molecule has 2 unspecified atom stereocenters. The van der Waals surface area contributed by atoms with Crippen LogP contribution in [0.25, 0.3) is 0 Å². The number of rotatable bonds is 7. The van der Waals surface area contributed by atoms with Crippen molar-refractivity contribution in [1.82, 2.24) is 9.80 Å². The van der Waals surface area contributed by atoms with Crippen LogP contribution in [0.5, 0.6) is 0 Å². The van der Waals surface area contributed by atoms with Gasteiger partial charge >= 0.3 is 12.1 Å². The molecule has 0 aliphatic heterocycles. The Labute approximate surface area is 189 Å². The Morgan fingerprint density at radius 3 is 2.26 bits per heavy atom. The molecular formula is C23H33ClN2O5. The summed E-state index contributed by atoms with van der Waals surface area (Å²) in [4.78, 5) is 41.7. The molecule has 3 atom stereocenters. The van der Waals surface area contributed by atoms with E-state index in [1.54, 1.807) is 43.3 Å². The largest absolute Gasteiger partial charge is 0.424 e. The number of esters is 1. The van der Waals surface area contributed by atoms with Crippen LogP contribution >= 0.6 is 11.6 Å². The molecule has 7 nitrogen and oxygen atoms in total. The molecule has 1 aliphatic rings. The summed E-state index contributed by atoms with van der Waals surface area (Å²) in [6.45, 7) is 5.32. The van der Waals surface area contributed by atoms with Gasteiger partial charge in [-0.05, 0) is 45.3 Å². The van der Waals surface area contributed by atoms with Gasteiger partial charge in [0.05, 0.1) is 0 Å². The van der Waals surface area contributed by atoms with Gasteiger partial charge in [-0.25, -0.2) is 4.79 Å². The molecular weight excluding hydrogens is 420 g/mol. The number of amides is 1. The Balaban J connectivity index is 2.22. The van der Waals surface area contributed by atoms with Crippen LogP contribution in [0.15, 0.2) is 24.3 Å². The Bertz CT molecular complexity index is 805. The van der Waals surface area contributed by atoms with Crippen LogP contribution in [-0.2, 0) is 24.6 Å². The first kappa shape index (κ1) is 25.1. The van der Waals surface area contributed by atoms with Crippen LogP contribution < -0.4 is 0 Å². The van der Waals surface area contributed by atoms with Gasteiger partial charge in [-0.15, -0.1) is 0 Å². The standard InChI is InChI=1S/C23H33ClN2O5/c1-15(2)20(25(4)5)21(28)30-16(3)31-22(29)26(6)23(14-10-9-13-19(23)27)17-11-7-8-12-18(17)24/h7-8,11-12,15-16,20H,9-10,13-14H2,1-6H3/t16?,20?,23-/m0/s1. The maximum atomic E-state index is 13.1. The van der Waals surface area contributed by atoms with Crippen LogP contribution in [0.1, 0.15) is 52.0 Å². The summed E-state index contributed by atoms with van der Waals surface area (Å²) >= 11 is 6.42. The summed E-state index contributed by atoms with van der Waals surface area (Å²) in [6.07, 6.45) is 0.491. The van der Waals surface area contributed by atoms with Crippen LogP contribution in [-0.4, -0.2) is 61.1 Å². The molecule has 0 N–H and O–H groups in total. The fraction of sp³-hybridized carbons (Fsp3) is 0.609. The fourth-order valence-electron chi connectivity index (χ4n) is 4.34. The second kappa shape index (κ2) is 10.5. The first-order valence-electron chi connectivity index (χ1n) is 10.6. The molecule has 1 aromatic carbocycles. The molecule has 0 spiro atoms. The molecule has 1 saturated carbocycles. The van der Waals surface area contributed by atoms with Gasteiger partial charge in [0.1, 0.15) is 11.6 Å². The molecule has 1 fully saturated rings. The Morgan fingerprint density at radius 1 is 1.06 bits per heavy atom. The molecule has 0 aromatic heterocycles. The maximum Gasteiger partial charge on any atom is 0.413 e. The number of hydrogen-bond donors (Lipinski definition) is 0. The highest BCUT2D eigenvalue weighted by atomic mass is 35.5. The van der Waals surface area contributed by atoms with E-state index in [4.69, 9.17) is 21.1 Å². The fourth-order valence-corrected chi connectivity index (χ4v) is 4.64. The minimum Gasteiger partial charge on any atom is -0.424 e. The molecule has 0 heterocycles. The van der Waals surface area contributed by atoms with Crippen molar-refractivity contribution in [2.45, 2.75) is 64.3 Å². The van der Waals surface area contributed by atoms with E-state index in [0.29, 0.717) is 23.4 Å². The first-order valence-corrected chi connectivity index (χ1v) is 11.0. The Kier molecular flexibility index (Phi) is 8.49. The summed E-state index contributed by atoms with van der Waals surface area (Å²) in [5.74, 6) is -0.530. The molecule has 0 bridgehead atoms. The van der Waals surface area contributed by atoms with Crippen molar-refractivity contribution in [3.63, 3.8) is 0 Å². The van der Waals surface area contributed by atoms with E-state index in [9.17, 15) is 14.4 Å². The zero-order chi connectivity index (χ0) is 23.3. The molecule has 31 heavy (non-hydrogen) atoms. The number of halogens is 1. The Hall–Kier alpha value is -2.12. The molecule has 1 aliphatic carbocycles. The molecule has 1 aromatic rings. The highest BCUT2D eigenvalue weighted by molar-refractivity contribution is 6.31. The predicted octanol–water partition coefficient (Wildman–Crippen LogP) is 4.22. The molecule has 1 amide bonds. The Morgan fingerprint density at radius 2 is 1.71 bits per heavy atom. The quantitative estimate of drug-likeness (QED) is 0.455. The van der Waals surface area contributed by atoms with Gasteiger partial charge in [0, 0.05) is 31.0 Å². The number of Topliss-reactive ketones (excluding diaryl/α,β-unsaturated/α-hetero) is 1. The zero-order valence-corrected chi connectivity index (χ0v) is 19.9. The monoisotopic (exact) mass is 452 g/mol. The van der Waals surface area contributed by atoms with E-state index in [1.807, 2.05) is 13.8 Å². The lowest BCUT2D eigenvalue weighted by Crippen LogP contribution is -2.55. The van der Waals surface area contributed by atoms with E-state index in [1.165, 1.54) is 18.9 Å². The van der Waals surface area contributed by atoms with Crippen molar-refractivity contribution in [3.05, 3.63) is 34.9 Å². The number of carbonyl (C=O) groups is 3. The molecule has 2 rings (SSSR count). The topological polar surface area (TPSA) is 76.2 Å². The van der Waals surface area contributed by atoms with Gasteiger partial charge in [-0.2, -0.15) is 0 Å². The van der Waals surface area contributed by atoms with E-state index in [-0.39, 0.29) is 11.7 Å². The predicted molar refractivity (Wildman–Crippen MR) is 119 cm³/mol. The number of benzene rings is 1. The number of ether oxygens (including phenoxy) is 2. The lowest BCUT2D eigenvalue weighted by molar-refractivity contribution is -0.174. The van der Waals surface area contributed by atoms with Gasteiger partial charge in [0.2, 0.25) is 6.29 Å². The van der Waals surface area contributed by atoms with Crippen molar-refractivity contribution < 1.29 is 23.9 Å². The van der Waals surface area contributed by atoms with Gasteiger partial charge < -0.3 is 9.47 Å². The summed E-state index contributed by atoms with van der Waals surface area (Å²) in [5, 5.41) is 0.419. The highest BCUT2D eigenvalue weighted by Crippen LogP contribution is 2.42. The zero-order valence-electron chi connectivity index (χ0n) is 19.2. The van der Waals surface area contributed by atoms with Crippen LogP contribution in [0, 0.1) is 5.92 Å². The van der Waals surface area contributed by atoms with Crippen molar-refractivity contribution >= 4 is 29.4 Å². The average Bonchev–Trinajstić information content (AvgIpc) is 2.67. The smallest absolute Gasteiger partial charge is 0.413 e. The molecule has 172 valence electrons. The second-order valence-electron chi connectivity index (χ2n) is 8.57. The maximum absolute atomic E-state index is 13.1. The average molecular weight is 453 g/mol. The van der Waals surface area contributed by atoms with Crippen molar-refractivity contribution in [2.24, 2.45) is 5.92 Å². The van der Waals surface area contributed by atoms with Crippen molar-refractivity contribution in [3.8, 4) is 0 Å². The van der Waals surface area contributed by atoms with Crippen molar-refractivity contribution in [2.75, 3.05) is 21.1 Å². The summed E-state index contributed by atoms with van der Waals surface area (Å²) < 4.78 is 10.8. The summed E-state index contributed by atoms with van der Waals surface area (Å²) in [5.41, 5.74) is -0.625. The van der Waals surface area contributed by atoms with E-state index < -0.39 is 29.9 Å². The van der Waals surface area contributed by atoms with Crippen LogP contribution in [0.4, 0.5) is 4.79 Å². The lowest BCUT2D eigenvalue weighted by Gasteiger charge is -2.43. The highest BCUT2D eigenvalue weighted by Gasteiger charge is 2.49. The second-order valence-corrected chi connectivity index (χ2v) is 8.98. The first-order chi connectivity index (χ1) is 14.5. The molecule has 8 heteroatoms. The van der Waals surface area contributed by atoms with Crippen molar-refractivity contribution in [1.29, 1.82) is 0 Å². The minimum atomic E-state index is -1.21. The normalized spacial score (nSPS) is 21.0. The molecule has 0 saturated heterocycles. The van der Waals surface area contributed by atoms with Crippen LogP contribution in [0.2, 0.25) is 5.02 Å². The third-order valence-corrected chi connectivity index (χ3v) is 6.13. The van der Waals surface area contributed by atoms with E-state index in [0.717, 1.165) is 12.8 Å². The SMILES string of the molecule is CC(OC(=O)C(C(C)C)N(C)C)OC(=O)N(C)[C@]1(c2ccccc2Cl)CCCCC1=O. The van der Waals surface area contributed by atoms with Crippen LogP contribution in [0.3, 0.4) is 0 Å². The number of hydrogen-bond acceptors (Lipinski definition) is 6. The van der Waals surface area contributed by atoms with E-state index >= 15 is 0 Å². The number of ketones is 1. The van der Waals surface area contributed by atoms with Gasteiger partial charge in [0.25, 0.3) is 0 Å². The third kappa shape index (κ3) is 5.39. The van der Waals surface area contributed by atoms with Gasteiger partial charge in [0.15, 0.2) is 5.78 Å². The van der Waals surface area contributed by atoms with E-state index in [2.05, 4.69) is 0 Å². The number of likely N-dealkylation sites (N-methyl/N-ethyl adjacent to an activating group) is 2. The van der Waals surface area contributed by atoms with Gasteiger partial charge in [-0.3, -0.25) is 19.4 Å². The number of carbonyl (C=O) groups excluding carboxylic acids is 3. The number of nitrogens with zero attached hydrogens (tertiary/aromatic N) is 2. The summed E-state index contributed by atoms with van der Waals surface area (Å²) in [6, 6.07) is 6.58. The van der Waals surface area contributed by atoms with Gasteiger partial charge in [-0.1, -0.05) is 43.6 Å². The lowest BCUT2D eigenvalue weighted by atomic mass is 9.74. The molecule has 0 radical (unpaired) electrons. The summed E-state index contributed by atoms with van der Waals surface area (Å²) in [7, 11) is 5.11. The minimum absolute atomic E-state index is 0.0245.